The number of carboxylic acid groups (broad SMARTS) is 1. The van der Waals surface area contributed by atoms with Gasteiger partial charge in [-0.3, -0.25) is 4.79 Å². The molecule has 4 heteroatoms. The highest BCUT2D eigenvalue weighted by Crippen LogP contribution is 2.24. The largest absolute Gasteiger partial charge is 0.481 e. The fraction of sp³-hybridized carbons (Fsp3) is 0.357. The van der Waals surface area contributed by atoms with Gasteiger partial charge in [-0.2, -0.15) is 0 Å². The molecule has 2 aromatic rings. The number of carbonyl (C=O) groups is 1. The van der Waals surface area contributed by atoms with Gasteiger partial charge in [-0.1, -0.05) is 25.1 Å². The quantitative estimate of drug-likeness (QED) is 0.755. The zero-order chi connectivity index (χ0) is 13.1. The summed E-state index contributed by atoms with van der Waals surface area (Å²) in [5, 5.41) is 10.0. The number of H-pyrrole nitrogens is 1. The molecule has 0 saturated heterocycles. The van der Waals surface area contributed by atoms with Crippen LogP contribution in [0, 0.1) is 0 Å². The summed E-state index contributed by atoms with van der Waals surface area (Å²) in [5.74, 6) is -0.826. The molecular weight excluding hydrogens is 228 g/mol. The van der Waals surface area contributed by atoms with Crippen molar-refractivity contribution in [1.82, 2.24) is 4.98 Å². The van der Waals surface area contributed by atoms with Crippen molar-refractivity contribution in [3.05, 3.63) is 35.5 Å². The number of rotatable bonds is 5. The smallest absolute Gasteiger partial charge is 0.309 e. The second-order valence-electron chi connectivity index (χ2n) is 4.57. The minimum absolute atomic E-state index is 0.0143. The molecule has 0 aliphatic rings. The Morgan fingerprint density at radius 2 is 2.17 bits per heavy atom. The molecule has 1 aromatic heterocycles. The Hall–Kier alpha value is -1.81. The SMILES string of the molecule is CCC(N)Cc1c(CC(=O)O)[nH]c2ccccc12. The lowest BCUT2D eigenvalue weighted by Gasteiger charge is -2.09. The van der Waals surface area contributed by atoms with Gasteiger partial charge in [-0.15, -0.1) is 0 Å². The van der Waals surface area contributed by atoms with Crippen LogP contribution >= 0.6 is 0 Å². The van der Waals surface area contributed by atoms with Gasteiger partial charge in [-0.25, -0.2) is 0 Å². The van der Waals surface area contributed by atoms with Crippen LogP contribution in [0.2, 0.25) is 0 Å². The lowest BCUT2D eigenvalue weighted by molar-refractivity contribution is -0.136. The first-order valence-electron chi connectivity index (χ1n) is 6.17. The van der Waals surface area contributed by atoms with Crippen LogP contribution in [0.3, 0.4) is 0 Å². The molecular formula is C14H18N2O2. The number of hydrogen-bond acceptors (Lipinski definition) is 2. The minimum Gasteiger partial charge on any atom is -0.481 e. The van der Waals surface area contributed by atoms with Crippen molar-refractivity contribution < 1.29 is 9.90 Å². The van der Waals surface area contributed by atoms with E-state index in [0.717, 1.165) is 28.6 Å². The van der Waals surface area contributed by atoms with Gasteiger partial charge in [0.25, 0.3) is 0 Å². The topological polar surface area (TPSA) is 79.1 Å². The molecule has 0 spiro atoms. The van der Waals surface area contributed by atoms with E-state index in [2.05, 4.69) is 4.98 Å². The standard InChI is InChI=1S/C14H18N2O2/c1-2-9(15)7-11-10-5-3-4-6-12(10)16-13(11)8-14(17)18/h3-6,9,16H,2,7-8,15H2,1H3,(H,17,18). The Morgan fingerprint density at radius 3 is 2.83 bits per heavy atom. The number of para-hydroxylation sites is 1. The first kappa shape index (κ1) is 12.6. The number of benzene rings is 1. The fourth-order valence-electron chi connectivity index (χ4n) is 2.20. The van der Waals surface area contributed by atoms with Crippen LogP contribution in [0.4, 0.5) is 0 Å². The van der Waals surface area contributed by atoms with Gasteiger partial charge >= 0.3 is 5.97 Å². The average Bonchev–Trinajstić information content (AvgIpc) is 2.66. The Balaban J connectivity index is 2.46. The zero-order valence-corrected chi connectivity index (χ0v) is 10.4. The molecule has 1 aromatic carbocycles. The predicted molar refractivity (Wildman–Crippen MR) is 71.6 cm³/mol. The average molecular weight is 246 g/mol. The van der Waals surface area contributed by atoms with Gasteiger partial charge in [0.1, 0.15) is 0 Å². The molecule has 0 bridgehead atoms. The number of aromatic nitrogens is 1. The lowest BCUT2D eigenvalue weighted by Crippen LogP contribution is -2.22. The van der Waals surface area contributed by atoms with Crippen molar-refractivity contribution in [3.63, 3.8) is 0 Å². The maximum atomic E-state index is 10.9. The summed E-state index contributed by atoms with van der Waals surface area (Å²) in [4.78, 5) is 14.1. The number of aliphatic carboxylic acids is 1. The summed E-state index contributed by atoms with van der Waals surface area (Å²) >= 11 is 0. The van der Waals surface area contributed by atoms with Crippen LogP contribution in [0.5, 0.6) is 0 Å². The predicted octanol–water partition coefficient (Wildman–Crippen LogP) is 2.07. The van der Waals surface area contributed by atoms with Gasteiger partial charge in [-0.05, 0) is 24.5 Å². The van der Waals surface area contributed by atoms with Gasteiger partial charge in [0.2, 0.25) is 0 Å². The number of nitrogens with one attached hydrogen (secondary N) is 1. The fourth-order valence-corrected chi connectivity index (χ4v) is 2.20. The first-order chi connectivity index (χ1) is 8.61. The lowest BCUT2D eigenvalue weighted by atomic mass is 10.0. The molecule has 18 heavy (non-hydrogen) atoms. The third-order valence-electron chi connectivity index (χ3n) is 3.22. The molecule has 2 rings (SSSR count). The van der Waals surface area contributed by atoms with Crippen molar-refractivity contribution in [2.75, 3.05) is 0 Å². The summed E-state index contributed by atoms with van der Waals surface area (Å²) < 4.78 is 0. The van der Waals surface area contributed by atoms with E-state index in [1.807, 2.05) is 31.2 Å². The Bertz CT molecular complexity index is 560. The molecule has 4 N–H and O–H groups in total. The van der Waals surface area contributed by atoms with E-state index in [9.17, 15) is 4.79 Å². The molecule has 1 heterocycles. The van der Waals surface area contributed by atoms with E-state index in [1.165, 1.54) is 0 Å². The highest BCUT2D eigenvalue weighted by molar-refractivity contribution is 5.86. The van der Waals surface area contributed by atoms with E-state index >= 15 is 0 Å². The van der Waals surface area contributed by atoms with Gasteiger partial charge in [0, 0.05) is 22.6 Å². The van der Waals surface area contributed by atoms with Gasteiger partial charge in [0.15, 0.2) is 0 Å². The molecule has 0 fully saturated rings. The van der Waals surface area contributed by atoms with Crippen molar-refractivity contribution in [2.45, 2.75) is 32.2 Å². The monoisotopic (exact) mass is 246 g/mol. The number of fused-ring (bicyclic) bond motifs is 1. The minimum atomic E-state index is -0.826. The van der Waals surface area contributed by atoms with E-state index in [0.29, 0.717) is 6.42 Å². The van der Waals surface area contributed by atoms with Crippen LogP contribution in [-0.2, 0) is 17.6 Å². The number of aromatic amines is 1. The maximum Gasteiger partial charge on any atom is 0.309 e. The third-order valence-corrected chi connectivity index (χ3v) is 3.22. The summed E-state index contributed by atoms with van der Waals surface area (Å²) in [7, 11) is 0. The van der Waals surface area contributed by atoms with Crippen molar-refractivity contribution >= 4 is 16.9 Å². The molecule has 0 aliphatic carbocycles. The Labute approximate surface area is 106 Å². The highest BCUT2D eigenvalue weighted by atomic mass is 16.4. The second kappa shape index (κ2) is 5.23. The van der Waals surface area contributed by atoms with Crippen LogP contribution < -0.4 is 5.73 Å². The molecule has 0 amide bonds. The number of hydrogen-bond donors (Lipinski definition) is 3. The number of carboxylic acids is 1. The van der Waals surface area contributed by atoms with Crippen molar-refractivity contribution in [2.24, 2.45) is 5.73 Å². The second-order valence-corrected chi connectivity index (χ2v) is 4.57. The number of nitrogens with two attached hydrogens (primary N) is 1. The van der Waals surface area contributed by atoms with E-state index in [1.54, 1.807) is 0 Å². The Kier molecular flexibility index (Phi) is 3.67. The maximum absolute atomic E-state index is 10.9. The first-order valence-corrected chi connectivity index (χ1v) is 6.17. The van der Waals surface area contributed by atoms with E-state index < -0.39 is 5.97 Å². The molecule has 96 valence electrons. The molecule has 0 saturated carbocycles. The summed E-state index contributed by atoms with van der Waals surface area (Å²) in [6.07, 6.45) is 1.61. The summed E-state index contributed by atoms with van der Waals surface area (Å²) in [6, 6.07) is 7.93. The summed E-state index contributed by atoms with van der Waals surface area (Å²) in [6.45, 7) is 2.04. The zero-order valence-electron chi connectivity index (χ0n) is 10.4. The Morgan fingerprint density at radius 1 is 1.44 bits per heavy atom. The van der Waals surface area contributed by atoms with Crippen LogP contribution in [0.1, 0.15) is 24.6 Å². The van der Waals surface area contributed by atoms with Crippen molar-refractivity contribution in [1.29, 1.82) is 0 Å². The van der Waals surface area contributed by atoms with Crippen LogP contribution in [-0.4, -0.2) is 22.1 Å². The van der Waals surface area contributed by atoms with E-state index in [-0.39, 0.29) is 12.5 Å². The van der Waals surface area contributed by atoms with Gasteiger partial charge in [0.05, 0.1) is 6.42 Å². The molecule has 1 unspecified atom stereocenters. The molecule has 1 atom stereocenters. The molecule has 0 radical (unpaired) electrons. The van der Waals surface area contributed by atoms with Gasteiger partial charge < -0.3 is 15.8 Å². The van der Waals surface area contributed by atoms with E-state index in [4.69, 9.17) is 10.8 Å². The highest BCUT2D eigenvalue weighted by Gasteiger charge is 2.15. The molecule has 0 aliphatic heterocycles. The third kappa shape index (κ3) is 2.54. The van der Waals surface area contributed by atoms with Crippen LogP contribution in [0.15, 0.2) is 24.3 Å². The van der Waals surface area contributed by atoms with Crippen molar-refractivity contribution in [3.8, 4) is 0 Å². The molecule has 4 nitrogen and oxygen atoms in total. The normalized spacial score (nSPS) is 12.8. The summed E-state index contributed by atoms with van der Waals surface area (Å²) in [5.41, 5.74) is 8.79. The van der Waals surface area contributed by atoms with Crippen LogP contribution in [0.25, 0.3) is 10.9 Å².